The summed E-state index contributed by atoms with van der Waals surface area (Å²) in [5.41, 5.74) is 10.5. The van der Waals surface area contributed by atoms with Gasteiger partial charge in [0.15, 0.2) is 11.6 Å². The fraction of sp³-hybridized carbons (Fsp3) is 0.231. The van der Waals surface area contributed by atoms with Crippen LogP contribution in [0.25, 0.3) is 5.57 Å². The van der Waals surface area contributed by atoms with E-state index in [4.69, 9.17) is 0 Å². The van der Waals surface area contributed by atoms with E-state index in [1.165, 1.54) is 28.3 Å². The van der Waals surface area contributed by atoms with Crippen molar-refractivity contribution in [1.29, 1.82) is 0 Å². The lowest BCUT2D eigenvalue weighted by Crippen LogP contribution is -2.24. The molecule has 0 saturated carbocycles. The molecule has 4 heteroatoms. The predicted molar refractivity (Wildman–Crippen MR) is 180 cm³/mol. The molecule has 0 fully saturated rings. The molecule has 0 radical (unpaired) electrons. The maximum Gasteiger partial charge on any atom is 0.159 e. The normalized spacial score (nSPS) is 14.4. The number of nitrogens with one attached hydrogen (secondary N) is 1. The molecule has 1 heterocycles. The van der Waals surface area contributed by atoms with Crippen LogP contribution in [-0.4, -0.2) is 4.90 Å². The molecule has 0 unspecified atom stereocenters. The number of hydrogen-bond acceptors (Lipinski definition) is 2. The van der Waals surface area contributed by atoms with Crippen LogP contribution in [0.4, 0.5) is 8.78 Å². The first-order valence-corrected chi connectivity index (χ1v) is 14.8. The summed E-state index contributed by atoms with van der Waals surface area (Å²) >= 11 is 0. The Morgan fingerprint density at radius 1 is 1.00 bits per heavy atom. The summed E-state index contributed by atoms with van der Waals surface area (Å²) in [6.45, 7) is 21.6. The molecule has 2 nitrogen and oxygen atoms in total. The Morgan fingerprint density at radius 2 is 1.77 bits per heavy atom. The highest BCUT2D eigenvalue weighted by Crippen LogP contribution is 2.29. The molecule has 2 aromatic rings. The minimum atomic E-state index is -0.850. The summed E-state index contributed by atoms with van der Waals surface area (Å²) in [4.78, 5) is 1.96. The zero-order chi connectivity index (χ0) is 31.4. The second-order valence-electron chi connectivity index (χ2n) is 10.7. The van der Waals surface area contributed by atoms with Crippen LogP contribution >= 0.6 is 0 Å². The number of benzene rings is 2. The van der Waals surface area contributed by atoms with Gasteiger partial charge in [-0.05, 0) is 104 Å². The number of allylic oxidation sites excluding steroid dienone is 11. The van der Waals surface area contributed by atoms with Crippen molar-refractivity contribution in [2.45, 2.75) is 60.0 Å². The molecule has 0 atom stereocenters. The van der Waals surface area contributed by atoms with Crippen LogP contribution in [0.2, 0.25) is 0 Å². The van der Waals surface area contributed by atoms with E-state index in [1.807, 2.05) is 29.3 Å². The van der Waals surface area contributed by atoms with Gasteiger partial charge in [0.05, 0.1) is 0 Å². The first kappa shape index (κ1) is 33.1. The average Bonchev–Trinajstić information content (AvgIpc) is 2.99. The van der Waals surface area contributed by atoms with E-state index < -0.39 is 11.6 Å². The number of hydrogen-bond donors (Lipinski definition) is 1. The number of nitrogens with zero attached hydrogens (tertiary/aromatic N) is 1. The predicted octanol–water partition coefficient (Wildman–Crippen LogP) is 10.4. The van der Waals surface area contributed by atoms with Crippen LogP contribution < -0.4 is 5.32 Å². The topological polar surface area (TPSA) is 15.3 Å². The van der Waals surface area contributed by atoms with Crippen LogP contribution in [0, 0.1) is 11.6 Å². The first-order valence-electron chi connectivity index (χ1n) is 14.8. The quantitative estimate of drug-likeness (QED) is 0.177. The zero-order valence-electron chi connectivity index (χ0n) is 26.0. The maximum absolute atomic E-state index is 13.9. The summed E-state index contributed by atoms with van der Waals surface area (Å²) in [6.07, 6.45) is 20.9. The highest BCUT2D eigenvalue weighted by Gasteiger charge is 2.18. The molecule has 3 rings (SSSR count). The molecule has 1 aliphatic heterocycles. The van der Waals surface area contributed by atoms with Crippen LogP contribution in [0.5, 0.6) is 0 Å². The Balaban J connectivity index is 1.88. The van der Waals surface area contributed by atoms with Gasteiger partial charge in [-0.2, -0.15) is 0 Å². The third kappa shape index (κ3) is 9.27. The Hall–Kier alpha value is -4.44. The zero-order valence-corrected chi connectivity index (χ0v) is 26.0. The van der Waals surface area contributed by atoms with Crippen molar-refractivity contribution in [3.63, 3.8) is 0 Å². The molecule has 1 N–H and O–H groups in total. The van der Waals surface area contributed by atoms with Gasteiger partial charge in [-0.15, -0.1) is 6.58 Å². The summed E-state index contributed by atoms with van der Waals surface area (Å²) in [6, 6.07) is 10.8. The molecule has 0 saturated heterocycles. The van der Waals surface area contributed by atoms with Gasteiger partial charge in [-0.1, -0.05) is 80.3 Å². The minimum absolute atomic E-state index is 0.386. The summed E-state index contributed by atoms with van der Waals surface area (Å²) in [7, 11) is 0. The third-order valence-electron chi connectivity index (χ3n) is 7.23. The Bertz CT molecular complexity index is 1530. The maximum atomic E-state index is 13.9. The Morgan fingerprint density at radius 3 is 2.42 bits per heavy atom. The van der Waals surface area contributed by atoms with Gasteiger partial charge in [0.1, 0.15) is 0 Å². The van der Waals surface area contributed by atoms with Crippen molar-refractivity contribution in [2.75, 3.05) is 0 Å². The largest absolute Gasteiger partial charge is 0.381 e. The number of halogens is 2. The van der Waals surface area contributed by atoms with Gasteiger partial charge in [0, 0.05) is 36.3 Å². The van der Waals surface area contributed by atoms with Crippen LogP contribution in [0.1, 0.15) is 62.8 Å². The molecule has 0 aliphatic carbocycles. The van der Waals surface area contributed by atoms with E-state index in [-0.39, 0.29) is 0 Å². The monoisotopic (exact) mass is 578 g/mol. The second kappa shape index (κ2) is 16.3. The lowest BCUT2D eigenvalue weighted by molar-refractivity contribution is 0.457. The van der Waals surface area contributed by atoms with Crippen molar-refractivity contribution < 1.29 is 8.78 Å². The molecule has 0 aromatic heterocycles. The van der Waals surface area contributed by atoms with Crippen molar-refractivity contribution >= 4 is 5.57 Å². The molecule has 0 amide bonds. The highest BCUT2D eigenvalue weighted by molar-refractivity contribution is 5.82. The van der Waals surface area contributed by atoms with E-state index in [9.17, 15) is 8.78 Å². The van der Waals surface area contributed by atoms with Crippen molar-refractivity contribution in [2.24, 2.45) is 0 Å². The van der Waals surface area contributed by atoms with Crippen molar-refractivity contribution in [1.82, 2.24) is 10.2 Å². The summed E-state index contributed by atoms with van der Waals surface area (Å²) < 4.78 is 27.3. The Labute approximate surface area is 257 Å². The van der Waals surface area contributed by atoms with Crippen LogP contribution in [-0.2, 0) is 19.5 Å². The van der Waals surface area contributed by atoms with E-state index in [0.717, 1.165) is 53.4 Å². The Kier molecular flexibility index (Phi) is 12.5. The first-order chi connectivity index (χ1) is 20.7. The molecule has 1 aliphatic rings. The van der Waals surface area contributed by atoms with Crippen LogP contribution in [0.3, 0.4) is 0 Å². The molecule has 0 bridgehead atoms. The average molecular weight is 579 g/mol. The molecular weight excluding hydrogens is 534 g/mol. The van der Waals surface area contributed by atoms with Gasteiger partial charge in [-0.25, -0.2) is 8.78 Å². The fourth-order valence-corrected chi connectivity index (χ4v) is 5.03. The van der Waals surface area contributed by atoms with Gasteiger partial charge in [0.2, 0.25) is 0 Å². The van der Waals surface area contributed by atoms with Gasteiger partial charge in [-0.3, -0.25) is 0 Å². The van der Waals surface area contributed by atoms with Crippen molar-refractivity contribution in [3.8, 4) is 0 Å². The molecule has 43 heavy (non-hydrogen) atoms. The second-order valence-corrected chi connectivity index (χ2v) is 10.7. The molecule has 224 valence electrons. The van der Waals surface area contributed by atoms with E-state index in [1.54, 1.807) is 12.1 Å². The number of aryl methyl sites for hydroxylation is 1. The standard InChI is InChI=1S/C39H44F2N2/c1-8-12-15-33(10-3)35(11-4)34-23-30(18-17-28(5)6)22-32(24-34)26-42-39(14-9-2)36-16-13-21-43(29(36)7)27-31-19-20-37(40)38(41)25-31/h8,10-16,19-25,42H,1,5,7,9,17-18,26-27H2,2-4,6H3/b15-12-,33-10+,35-11+,39-14-. The molecule has 2 aromatic carbocycles. The summed E-state index contributed by atoms with van der Waals surface area (Å²) in [5.74, 6) is -1.70. The number of rotatable bonds is 14. The van der Waals surface area contributed by atoms with E-state index in [2.05, 4.69) is 95.3 Å². The molecular formula is C39H44F2N2. The fourth-order valence-electron chi connectivity index (χ4n) is 5.03. The minimum Gasteiger partial charge on any atom is -0.381 e. The van der Waals surface area contributed by atoms with Crippen LogP contribution in [0.15, 0.2) is 139 Å². The van der Waals surface area contributed by atoms with E-state index >= 15 is 0 Å². The van der Waals surface area contributed by atoms with Gasteiger partial charge >= 0.3 is 0 Å². The SMILES string of the molecule is C=C\C=C/C(=C\C)C(=C\C)/c1cc(CCC(=C)C)cc(CN/C(=C\CC)C2=CC=CN(Cc3ccc(F)c(F)c3)C2=C)c1. The van der Waals surface area contributed by atoms with Gasteiger partial charge < -0.3 is 10.2 Å². The smallest absolute Gasteiger partial charge is 0.159 e. The molecule has 0 spiro atoms. The summed E-state index contributed by atoms with van der Waals surface area (Å²) in [5, 5.41) is 3.67. The highest BCUT2D eigenvalue weighted by atomic mass is 19.2. The van der Waals surface area contributed by atoms with Crippen molar-refractivity contribution in [3.05, 3.63) is 173 Å². The lowest BCUT2D eigenvalue weighted by Gasteiger charge is -2.29. The van der Waals surface area contributed by atoms with Gasteiger partial charge in [0.25, 0.3) is 0 Å². The van der Waals surface area contributed by atoms with E-state index in [0.29, 0.717) is 18.7 Å². The lowest BCUT2D eigenvalue weighted by atomic mass is 9.92. The third-order valence-corrected chi connectivity index (χ3v) is 7.23.